The number of aliphatic hydroxyl groups excluding tert-OH is 1. The first kappa shape index (κ1) is 9.44. The summed E-state index contributed by atoms with van der Waals surface area (Å²) in [5.74, 6) is 0. The van der Waals surface area contributed by atoms with Crippen LogP contribution >= 0.6 is 33.9 Å². The molecule has 1 aromatic rings. The Morgan fingerprint density at radius 2 is 2.45 bits per heavy atom. The zero-order chi connectivity index (χ0) is 8.27. The highest BCUT2D eigenvalue weighted by Gasteiger charge is 2.09. The highest BCUT2D eigenvalue weighted by Crippen LogP contribution is 2.25. The molecule has 0 fully saturated rings. The maximum absolute atomic E-state index is 8.65. The number of hydrogen-bond donors (Lipinski definition) is 2. The number of nitrogens with two attached hydrogens (primary N) is 1. The first-order valence-electron chi connectivity index (χ1n) is 3.35. The fourth-order valence-electron chi connectivity index (χ4n) is 0.840. The Hall–Kier alpha value is 0.350. The first-order valence-corrected chi connectivity index (χ1v) is 5.31. The van der Waals surface area contributed by atoms with Gasteiger partial charge in [0, 0.05) is 21.1 Å². The van der Waals surface area contributed by atoms with Crippen molar-refractivity contribution < 1.29 is 5.11 Å². The van der Waals surface area contributed by atoms with Gasteiger partial charge in [0.25, 0.3) is 0 Å². The minimum atomic E-state index is 0.00639. The lowest BCUT2D eigenvalue weighted by Crippen LogP contribution is -2.11. The second kappa shape index (κ2) is 4.39. The van der Waals surface area contributed by atoms with Crippen molar-refractivity contribution in [3.05, 3.63) is 19.9 Å². The van der Waals surface area contributed by atoms with Crippen molar-refractivity contribution in [2.45, 2.75) is 12.5 Å². The molecule has 1 aromatic heterocycles. The molecule has 1 unspecified atom stereocenters. The minimum absolute atomic E-state index is 0.00639. The Kier molecular flexibility index (Phi) is 3.77. The van der Waals surface area contributed by atoms with E-state index in [1.807, 2.05) is 11.4 Å². The van der Waals surface area contributed by atoms with Crippen molar-refractivity contribution in [3.63, 3.8) is 0 Å². The van der Waals surface area contributed by atoms with Crippen molar-refractivity contribution >= 4 is 33.9 Å². The lowest BCUT2D eigenvalue weighted by molar-refractivity contribution is 0.277. The smallest absolute Gasteiger partial charge is 0.0449 e. The number of aliphatic hydroxyl groups is 1. The Balaban J connectivity index is 2.67. The summed E-state index contributed by atoms with van der Waals surface area (Å²) in [5, 5.41) is 10.7. The molecule has 0 saturated carbocycles. The van der Waals surface area contributed by atoms with E-state index in [1.54, 1.807) is 11.3 Å². The third-order valence-electron chi connectivity index (χ3n) is 1.42. The molecule has 4 heteroatoms. The third kappa shape index (κ3) is 2.40. The van der Waals surface area contributed by atoms with Crippen LogP contribution in [0, 0.1) is 3.57 Å². The molecule has 11 heavy (non-hydrogen) atoms. The molecule has 0 aliphatic rings. The van der Waals surface area contributed by atoms with Gasteiger partial charge in [0.2, 0.25) is 0 Å². The SMILES string of the molecule is NC(CCO)c1sccc1I. The molecular weight excluding hydrogens is 273 g/mol. The van der Waals surface area contributed by atoms with Gasteiger partial charge < -0.3 is 10.8 Å². The highest BCUT2D eigenvalue weighted by molar-refractivity contribution is 14.1. The quantitative estimate of drug-likeness (QED) is 0.830. The summed E-state index contributed by atoms with van der Waals surface area (Å²) in [6.45, 7) is 0.162. The van der Waals surface area contributed by atoms with Crippen molar-refractivity contribution in [1.29, 1.82) is 0 Å². The zero-order valence-corrected chi connectivity index (χ0v) is 8.93. The maximum Gasteiger partial charge on any atom is 0.0449 e. The number of rotatable bonds is 3. The second-order valence-corrected chi connectivity index (χ2v) is 4.36. The average Bonchev–Trinajstić information content (AvgIpc) is 2.36. The Bertz CT molecular complexity index is 226. The lowest BCUT2D eigenvalue weighted by Gasteiger charge is -2.07. The molecule has 1 rings (SSSR count). The van der Waals surface area contributed by atoms with Gasteiger partial charge in [-0.3, -0.25) is 0 Å². The van der Waals surface area contributed by atoms with E-state index in [0.29, 0.717) is 6.42 Å². The van der Waals surface area contributed by atoms with E-state index in [2.05, 4.69) is 22.6 Å². The number of thiophene rings is 1. The lowest BCUT2D eigenvalue weighted by atomic mass is 10.2. The van der Waals surface area contributed by atoms with Gasteiger partial charge in [-0.1, -0.05) is 0 Å². The molecule has 0 radical (unpaired) electrons. The van der Waals surface area contributed by atoms with Gasteiger partial charge in [-0.15, -0.1) is 11.3 Å². The first-order chi connectivity index (χ1) is 5.25. The van der Waals surface area contributed by atoms with Crippen LogP contribution in [0.2, 0.25) is 0 Å². The van der Waals surface area contributed by atoms with Gasteiger partial charge in [-0.25, -0.2) is 0 Å². The van der Waals surface area contributed by atoms with E-state index in [-0.39, 0.29) is 12.6 Å². The van der Waals surface area contributed by atoms with Crippen molar-refractivity contribution in [3.8, 4) is 0 Å². The standard InChI is InChI=1S/C7H10INOS/c8-5-2-4-11-7(5)6(9)1-3-10/h2,4,6,10H,1,3,9H2. The predicted molar refractivity (Wildman–Crippen MR) is 55.7 cm³/mol. The highest BCUT2D eigenvalue weighted by atomic mass is 127. The monoisotopic (exact) mass is 283 g/mol. The van der Waals surface area contributed by atoms with Crippen molar-refractivity contribution in [1.82, 2.24) is 0 Å². The minimum Gasteiger partial charge on any atom is -0.396 e. The third-order valence-corrected chi connectivity index (χ3v) is 3.78. The molecule has 1 heterocycles. The van der Waals surface area contributed by atoms with Crippen LogP contribution < -0.4 is 5.73 Å². The molecule has 0 saturated heterocycles. The fourth-order valence-corrected chi connectivity index (χ4v) is 2.87. The largest absolute Gasteiger partial charge is 0.396 e. The normalized spacial score (nSPS) is 13.4. The molecule has 62 valence electrons. The summed E-state index contributed by atoms with van der Waals surface area (Å²) < 4.78 is 1.20. The van der Waals surface area contributed by atoms with Crippen LogP contribution in [0.3, 0.4) is 0 Å². The molecule has 2 nitrogen and oxygen atoms in total. The molecule has 0 aromatic carbocycles. The van der Waals surface area contributed by atoms with E-state index >= 15 is 0 Å². The maximum atomic E-state index is 8.65. The van der Waals surface area contributed by atoms with Gasteiger partial charge in [-0.05, 0) is 40.5 Å². The summed E-state index contributed by atoms with van der Waals surface area (Å²) >= 11 is 3.91. The molecule has 0 bridgehead atoms. The fraction of sp³-hybridized carbons (Fsp3) is 0.429. The summed E-state index contributed by atoms with van der Waals surface area (Å²) in [6, 6.07) is 2.05. The molecule has 0 spiro atoms. The number of hydrogen-bond acceptors (Lipinski definition) is 3. The second-order valence-electron chi connectivity index (χ2n) is 2.25. The van der Waals surface area contributed by atoms with Crippen LogP contribution in [-0.4, -0.2) is 11.7 Å². The van der Waals surface area contributed by atoms with Gasteiger partial charge in [0.15, 0.2) is 0 Å². The van der Waals surface area contributed by atoms with E-state index in [9.17, 15) is 0 Å². The van der Waals surface area contributed by atoms with Crippen LogP contribution in [0.25, 0.3) is 0 Å². The summed E-state index contributed by atoms with van der Waals surface area (Å²) in [6.07, 6.45) is 0.649. The summed E-state index contributed by atoms with van der Waals surface area (Å²) in [5.41, 5.74) is 5.80. The Morgan fingerprint density at radius 3 is 2.91 bits per heavy atom. The van der Waals surface area contributed by atoms with Gasteiger partial charge in [0.05, 0.1) is 0 Å². The predicted octanol–water partition coefficient (Wildman–Crippen LogP) is 1.73. The van der Waals surface area contributed by atoms with E-state index in [1.165, 1.54) is 8.45 Å². The zero-order valence-electron chi connectivity index (χ0n) is 5.96. The molecule has 0 aliphatic carbocycles. The Labute approximate surface area is 83.6 Å². The van der Waals surface area contributed by atoms with Gasteiger partial charge in [0.1, 0.15) is 0 Å². The molecular formula is C7H10INOS. The van der Waals surface area contributed by atoms with Crippen molar-refractivity contribution in [2.24, 2.45) is 5.73 Å². The summed E-state index contributed by atoms with van der Waals surface area (Å²) in [7, 11) is 0. The van der Waals surface area contributed by atoms with E-state index < -0.39 is 0 Å². The molecule has 0 aliphatic heterocycles. The van der Waals surface area contributed by atoms with Crippen LogP contribution in [0.5, 0.6) is 0 Å². The van der Waals surface area contributed by atoms with Gasteiger partial charge in [-0.2, -0.15) is 0 Å². The van der Waals surface area contributed by atoms with E-state index in [0.717, 1.165) is 0 Å². The van der Waals surface area contributed by atoms with Crippen LogP contribution in [0.15, 0.2) is 11.4 Å². The molecule has 3 N–H and O–H groups in total. The molecule has 0 amide bonds. The topological polar surface area (TPSA) is 46.2 Å². The van der Waals surface area contributed by atoms with Gasteiger partial charge >= 0.3 is 0 Å². The summed E-state index contributed by atoms with van der Waals surface area (Å²) in [4.78, 5) is 1.18. The van der Waals surface area contributed by atoms with Crippen molar-refractivity contribution in [2.75, 3.05) is 6.61 Å². The van der Waals surface area contributed by atoms with Crippen LogP contribution in [0.4, 0.5) is 0 Å². The van der Waals surface area contributed by atoms with E-state index in [4.69, 9.17) is 10.8 Å². The average molecular weight is 283 g/mol. The number of halogens is 1. The van der Waals surface area contributed by atoms with Crippen LogP contribution in [0.1, 0.15) is 17.3 Å². The Morgan fingerprint density at radius 1 is 1.73 bits per heavy atom. The van der Waals surface area contributed by atoms with Crippen LogP contribution in [-0.2, 0) is 0 Å². The molecule has 1 atom stereocenters.